The average Bonchev–Trinajstić information content (AvgIpc) is 2.37. The van der Waals surface area contributed by atoms with Gasteiger partial charge in [0.05, 0.1) is 6.04 Å². The van der Waals surface area contributed by atoms with Gasteiger partial charge in [-0.25, -0.2) is 0 Å². The van der Waals surface area contributed by atoms with Crippen molar-refractivity contribution in [1.29, 1.82) is 5.41 Å². The highest BCUT2D eigenvalue weighted by atomic mass is 15.1. The van der Waals surface area contributed by atoms with Crippen LogP contribution in [-0.2, 0) is 5.41 Å². The topological polar surface area (TPSA) is 27.1 Å². The van der Waals surface area contributed by atoms with E-state index in [1.807, 2.05) is 24.4 Å². The normalized spacial score (nSPS) is 19.1. The molecule has 1 atom stereocenters. The Labute approximate surface area is 109 Å². The Hall–Kier alpha value is -1.83. The van der Waals surface area contributed by atoms with Gasteiger partial charge in [0.1, 0.15) is 0 Å². The molecule has 94 valence electrons. The third-order valence-corrected chi connectivity index (χ3v) is 3.15. The van der Waals surface area contributed by atoms with Crippen LogP contribution in [0.3, 0.4) is 0 Å². The largest absolute Gasteiger partial charge is 0.336 e. The van der Waals surface area contributed by atoms with E-state index in [2.05, 4.69) is 49.9 Å². The Balaban J connectivity index is 2.48. The lowest BCUT2D eigenvalue weighted by molar-refractivity contribution is 0.589. The first kappa shape index (κ1) is 12.6. The summed E-state index contributed by atoms with van der Waals surface area (Å²) in [6.07, 6.45) is 9.55. The molecular weight excluding hydrogens is 220 g/mol. The zero-order valence-corrected chi connectivity index (χ0v) is 11.2. The number of anilines is 1. The van der Waals surface area contributed by atoms with E-state index < -0.39 is 0 Å². The van der Waals surface area contributed by atoms with Crippen molar-refractivity contribution < 1.29 is 0 Å². The van der Waals surface area contributed by atoms with Crippen LogP contribution in [-0.4, -0.2) is 12.3 Å². The molecule has 0 amide bonds. The molecule has 1 aromatic rings. The lowest BCUT2D eigenvalue weighted by Gasteiger charge is -2.33. The van der Waals surface area contributed by atoms with Gasteiger partial charge in [-0.1, -0.05) is 51.1 Å². The van der Waals surface area contributed by atoms with E-state index in [4.69, 9.17) is 5.41 Å². The fourth-order valence-corrected chi connectivity index (χ4v) is 2.22. The molecule has 18 heavy (non-hydrogen) atoms. The van der Waals surface area contributed by atoms with Gasteiger partial charge in [-0.2, -0.15) is 0 Å². The predicted molar refractivity (Wildman–Crippen MR) is 78.5 cm³/mol. The van der Waals surface area contributed by atoms with Crippen LogP contribution in [0.1, 0.15) is 26.3 Å². The molecule has 1 aliphatic heterocycles. The van der Waals surface area contributed by atoms with Crippen molar-refractivity contribution in [2.75, 3.05) is 4.90 Å². The summed E-state index contributed by atoms with van der Waals surface area (Å²) in [5, 5.41) is 7.55. The molecule has 1 aliphatic rings. The standard InChI is InChI=1S/C16H20N2/c1-16(2,3)14-9-4-5-10-15(14)18-11-7-6-8-13(18)12-17/h4-13,17H,1-3H3. The van der Waals surface area contributed by atoms with E-state index in [-0.39, 0.29) is 11.5 Å². The first-order valence-corrected chi connectivity index (χ1v) is 6.27. The van der Waals surface area contributed by atoms with E-state index in [9.17, 15) is 0 Å². The van der Waals surface area contributed by atoms with Crippen molar-refractivity contribution in [3.63, 3.8) is 0 Å². The van der Waals surface area contributed by atoms with E-state index >= 15 is 0 Å². The van der Waals surface area contributed by atoms with Crippen LogP contribution >= 0.6 is 0 Å². The van der Waals surface area contributed by atoms with Gasteiger partial charge in [-0.05, 0) is 23.1 Å². The Kier molecular flexibility index (Phi) is 3.37. The van der Waals surface area contributed by atoms with E-state index in [1.165, 1.54) is 17.5 Å². The molecule has 2 rings (SSSR count). The fourth-order valence-electron chi connectivity index (χ4n) is 2.22. The van der Waals surface area contributed by atoms with Gasteiger partial charge in [0.15, 0.2) is 0 Å². The van der Waals surface area contributed by atoms with Crippen LogP contribution in [0, 0.1) is 5.41 Å². The Morgan fingerprint density at radius 1 is 1.17 bits per heavy atom. The lowest BCUT2D eigenvalue weighted by Crippen LogP contribution is -2.33. The van der Waals surface area contributed by atoms with Gasteiger partial charge in [0, 0.05) is 18.1 Å². The van der Waals surface area contributed by atoms with Crippen molar-refractivity contribution >= 4 is 11.9 Å². The van der Waals surface area contributed by atoms with Crippen LogP contribution in [0.2, 0.25) is 0 Å². The summed E-state index contributed by atoms with van der Waals surface area (Å²) in [5.41, 5.74) is 2.58. The highest BCUT2D eigenvalue weighted by Crippen LogP contribution is 2.33. The molecule has 0 aliphatic carbocycles. The van der Waals surface area contributed by atoms with E-state index in [0.717, 1.165) is 0 Å². The number of para-hydroxylation sites is 1. The molecule has 1 N–H and O–H groups in total. The molecule has 1 unspecified atom stereocenters. The second-order valence-electron chi connectivity index (χ2n) is 5.56. The van der Waals surface area contributed by atoms with Crippen molar-refractivity contribution in [1.82, 2.24) is 0 Å². The maximum atomic E-state index is 7.55. The molecule has 1 aromatic carbocycles. The summed E-state index contributed by atoms with van der Waals surface area (Å²) >= 11 is 0. The molecule has 0 aromatic heterocycles. The minimum atomic E-state index is 0.0125. The second kappa shape index (κ2) is 4.81. The summed E-state index contributed by atoms with van der Waals surface area (Å²) in [5.74, 6) is 0. The first-order valence-electron chi connectivity index (χ1n) is 6.27. The summed E-state index contributed by atoms with van der Waals surface area (Å²) in [7, 11) is 0. The number of nitrogens with one attached hydrogen (secondary N) is 1. The summed E-state index contributed by atoms with van der Waals surface area (Å²) in [6, 6.07) is 8.44. The molecule has 2 heteroatoms. The highest BCUT2D eigenvalue weighted by Gasteiger charge is 2.23. The number of hydrogen-bond acceptors (Lipinski definition) is 2. The van der Waals surface area contributed by atoms with Gasteiger partial charge in [0.25, 0.3) is 0 Å². The van der Waals surface area contributed by atoms with Gasteiger partial charge < -0.3 is 10.3 Å². The minimum Gasteiger partial charge on any atom is -0.336 e. The Morgan fingerprint density at radius 3 is 2.56 bits per heavy atom. The summed E-state index contributed by atoms with van der Waals surface area (Å²) in [4.78, 5) is 2.15. The fraction of sp³-hybridized carbons (Fsp3) is 0.312. The van der Waals surface area contributed by atoms with Crippen molar-refractivity contribution in [3.8, 4) is 0 Å². The quantitative estimate of drug-likeness (QED) is 0.780. The summed E-state index contributed by atoms with van der Waals surface area (Å²) in [6.45, 7) is 6.65. The van der Waals surface area contributed by atoms with Gasteiger partial charge in [0.2, 0.25) is 0 Å². The van der Waals surface area contributed by atoms with Gasteiger partial charge >= 0.3 is 0 Å². The molecule has 1 heterocycles. The molecule has 0 saturated heterocycles. The number of rotatable bonds is 2. The SMILES string of the molecule is CC(C)(C)c1ccccc1N1C=CC=CC1C=N. The van der Waals surface area contributed by atoms with Crippen molar-refractivity contribution in [2.45, 2.75) is 32.2 Å². The Morgan fingerprint density at radius 2 is 1.89 bits per heavy atom. The van der Waals surface area contributed by atoms with E-state index in [1.54, 1.807) is 0 Å². The second-order valence-corrected chi connectivity index (χ2v) is 5.56. The van der Waals surface area contributed by atoms with Crippen LogP contribution in [0.4, 0.5) is 5.69 Å². The highest BCUT2D eigenvalue weighted by molar-refractivity contribution is 5.75. The maximum absolute atomic E-state index is 7.55. The third kappa shape index (κ3) is 2.37. The predicted octanol–water partition coefficient (Wildman–Crippen LogP) is 3.89. The smallest absolute Gasteiger partial charge is 0.0867 e. The molecule has 0 spiro atoms. The van der Waals surface area contributed by atoms with Crippen molar-refractivity contribution in [3.05, 3.63) is 54.3 Å². The molecule has 0 bridgehead atoms. The third-order valence-electron chi connectivity index (χ3n) is 3.15. The summed E-state index contributed by atoms with van der Waals surface area (Å²) < 4.78 is 0. The zero-order chi connectivity index (χ0) is 13.2. The molecule has 0 fully saturated rings. The average molecular weight is 240 g/mol. The van der Waals surface area contributed by atoms with E-state index in [0.29, 0.717) is 0 Å². The monoisotopic (exact) mass is 240 g/mol. The maximum Gasteiger partial charge on any atom is 0.0867 e. The number of hydrogen-bond donors (Lipinski definition) is 1. The van der Waals surface area contributed by atoms with Gasteiger partial charge in [-0.15, -0.1) is 0 Å². The van der Waals surface area contributed by atoms with Crippen molar-refractivity contribution in [2.24, 2.45) is 0 Å². The number of nitrogens with zero attached hydrogens (tertiary/aromatic N) is 1. The molecule has 0 radical (unpaired) electrons. The molecule has 0 saturated carbocycles. The molecule has 2 nitrogen and oxygen atoms in total. The Bertz CT molecular complexity index is 492. The van der Waals surface area contributed by atoms with Crippen LogP contribution in [0.15, 0.2) is 48.7 Å². The van der Waals surface area contributed by atoms with Gasteiger partial charge in [-0.3, -0.25) is 0 Å². The molecular formula is C16H20N2. The first-order chi connectivity index (χ1) is 8.54. The number of benzene rings is 1. The minimum absolute atomic E-state index is 0.0125. The number of allylic oxidation sites excluding steroid dienone is 2. The lowest BCUT2D eigenvalue weighted by atomic mass is 9.85. The van der Waals surface area contributed by atoms with Crippen LogP contribution in [0.25, 0.3) is 0 Å². The zero-order valence-electron chi connectivity index (χ0n) is 11.2. The van der Waals surface area contributed by atoms with Crippen LogP contribution < -0.4 is 4.90 Å². The van der Waals surface area contributed by atoms with Crippen LogP contribution in [0.5, 0.6) is 0 Å².